The van der Waals surface area contributed by atoms with Gasteiger partial charge in [-0.05, 0) is 19.4 Å². The minimum Gasteiger partial charge on any atom is -0.370 e. The number of hydrogen-bond donors (Lipinski definition) is 2. The van der Waals surface area contributed by atoms with Crippen molar-refractivity contribution in [2.24, 2.45) is 10.7 Å². The van der Waals surface area contributed by atoms with Crippen molar-refractivity contribution in [1.82, 2.24) is 15.3 Å². The zero-order valence-corrected chi connectivity index (χ0v) is 10.4. The Hall–Kier alpha value is -1.91. The SMILES string of the molecule is C=C(C)CN=C(N)NCCc1ncc(C)cn1. The summed E-state index contributed by atoms with van der Waals surface area (Å²) in [6.07, 6.45) is 4.34. The van der Waals surface area contributed by atoms with Gasteiger partial charge < -0.3 is 11.1 Å². The molecule has 0 aliphatic heterocycles. The molecule has 0 spiro atoms. The van der Waals surface area contributed by atoms with Crippen LogP contribution in [0.15, 0.2) is 29.5 Å². The van der Waals surface area contributed by atoms with Crippen LogP contribution in [0.2, 0.25) is 0 Å². The Morgan fingerprint density at radius 3 is 2.71 bits per heavy atom. The molecule has 0 aliphatic rings. The third-order valence-electron chi connectivity index (χ3n) is 2.01. The molecule has 1 rings (SSSR count). The van der Waals surface area contributed by atoms with E-state index >= 15 is 0 Å². The summed E-state index contributed by atoms with van der Waals surface area (Å²) in [4.78, 5) is 12.5. The van der Waals surface area contributed by atoms with E-state index in [0.29, 0.717) is 19.0 Å². The summed E-state index contributed by atoms with van der Waals surface area (Å²) in [5.41, 5.74) is 7.71. The zero-order chi connectivity index (χ0) is 12.7. The molecule has 1 heterocycles. The number of rotatable bonds is 5. The Labute approximate surface area is 102 Å². The molecule has 92 valence electrons. The predicted molar refractivity (Wildman–Crippen MR) is 69.8 cm³/mol. The summed E-state index contributed by atoms with van der Waals surface area (Å²) >= 11 is 0. The van der Waals surface area contributed by atoms with Gasteiger partial charge in [-0.3, -0.25) is 0 Å². The fourth-order valence-electron chi connectivity index (χ4n) is 1.13. The van der Waals surface area contributed by atoms with E-state index < -0.39 is 0 Å². The van der Waals surface area contributed by atoms with Gasteiger partial charge in [0, 0.05) is 25.4 Å². The summed E-state index contributed by atoms with van der Waals surface area (Å²) in [6, 6.07) is 0. The van der Waals surface area contributed by atoms with Crippen LogP contribution < -0.4 is 11.1 Å². The van der Waals surface area contributed by atoms with Crippen molar-refractivity contribution in [1.29, 1.82) is 0 Å². The van der Waals surface area contributed by atoms with Crippen LogP contribution >= 0.6 is 0 Å². The van der Waals surface area contributed by atoms with Gasteiger partial charge in [0.15, 0.2) is 5.96 Å². The van der Waals surface area contributed by atoms with Gasteiger partial charge in [0.05, 0.1) is 6.54 Å². The lowest BCUT2D eigenvalue weighted by Gasteiger charge is -2.05. The first-order valence-electron chi connectivity index (χ1n) is 5.53. The van der Waals surface area contributed by atoms with Crippen molar-refractivity contribution in [3.8, 4) is 0 Å². The van der Waals surface area contributed by atoms with E-state index in [4.69, 9.17) is 5.73 Å². The van der Waals surface area contributed by atoms with Gasteiger partial charge in [-0.1, -0.05) is 12.2 Å². The molecule has 17 heavy (non-hydrogen) atoms. The number of nitrogens with two attached hydrogens (primary N) is 1. The predicted octanol–water partition coefficient (Wildman–Crippen LogP) is 0.808. The second kappa shape index (κ2) is 6.62. The normalized spacial score (nSPS) is 11.3. The number of aromatic nitrogens is 2. The highest BCUT2D eigenvalue weighted by Crippen LogP contribution is 1.93. The van der Waals surface area contributed by atoms with Gasteiger partial charge in [0.25, 0.3) is 0 Å². The molecule has 0 saturated heterocycles. The van der Waals surface area contributed by atoms with Crippen LogP contribution in [0.1, 0.15) is 18.3 Å². The summed E-state index contributed by atoms with van der Waals surface area (Å²) in [7, 11) is 0. The molecule has 0 unspecified atom stereocenters. The topological polar surface area (TPSA) is 76.2 Å². The molecule has 0 radical (unpaired) electrons. The molecule has 1 aromatic heterocycles. The second-order valence-corrected chi connectivity index (χ2v) is 4.01. The van der Waals surface area contributed by atoms with Crippen LogP contribution in [0.3, 0.4) is 0 Å². The van der Waals surface area contributed by atoms with E-state index in [1.165, 1.54) is 0 Å². The molecule has 5 nitrogen and oxygen atoms in total. The fraction of sp³-hybridized carbons (Fsp3) is 0.417. The molecule has 0 bridgehead atoms. The monoisotopic (exact) mass is 233 g/mol. The van der Waals surface area contributed by atoms with Gasteiger partial charge in [0.2, 0.25) is 0 Å². The lowest BCUT2D eigenvalue weighted by Crippen LogP contribution is -2.33. The Kier molecular flexibility index (Phi) is 5.13. The lowest BCUT2D eigenvalue weighted by atomic mass is 10.3. The lowest BCUT2D eigenvalue weighted by molar-refractivity contribution is 0.798. The van der Waals surface area contributed by atoms with E-state index in [0.717, 1.165) is 23.4 Å². The van der Waals surface area contributed by atoms with Gasteiger partial charge in [0.1, 0.15) is 5.82 Å². The van der Waals surface area contributed by atoms with Gasteiger partial charge >= 0.3 is 0 Å². The number of guanidine groups is 1. The maximum absolute atomic E-state index is 5.67. The molecule has 3 N–H and O–H groups in total. The van der Waals surface area contributed by atoms with Crippen LogP contribution in [0.4, 0.5) is 0 Å². The highest BCUT2D eigenvalue weighted by molar-refractivity contribution is 5.77. The molecular formula is C12H19N5. The third kappa shape index (κ3) is 5.65. The van der Waals surface area contributed by atoms with Gasteiger partial charge in [-0.25, -0.2) is 15.0 Å². The molecule has 0 aromatic carbocycles. The summed E-state index contributed by atoms with van der Waals surface area (Å²) in [5, 5.41) is 3.01. The van der Waals surface area contributed by atoms with Gasteiger partial charge in [-0.15, -0.1) is 0 Å². The van der Waals surface area contributed by atoms with Crippen molar-refractivity contribution < 1.29 is 0 Å². The average Bonchev–Trinajstić information content (AvgIpc) is 2.29. The molecule has 5 heteroatoms. The summed E-state index contributed by atoms with van der Waals surface area (Å²) < 4.78 is 0. The number of nitrogens with zero attached hydrogens (tertiary/aromatic N) is 3. The van der Waals surface area contributed by atoms with Crippen LogP contribution in [0.5, 0.6) is 0 Å². The molecule has 0 fully saturated rings. The zero-order valence-electron chi connectivity index (χ0n) is 10.4. The van der Waals surface area contributed by atoms with E-state index in [9.17, 15) is 0 Å². The molecule has 1 aromatic rings. The third-order valence-corrected chi connectivity index (χ3v) is 2.01. The molecule has 0 aliphatic carbocycles. The van der Waals surface area contributed by atoms with Crippen molar-refractivity contribution in [2.45, 2.75) is 20.3 Å². The maximum Gasteiger partial charge on any atom is 0.188 e. The minimum atomic E-state index is 0.431. The van der Waals surface area contributed by atoms with Crippen LogP contribution in [0, 0.1) is 6.92 Å². The Balaban J connectivity index is 2.30. The van der Waals surface area contributed by atoms with Crippen molar-refractivity contribution in [3.63, 3.8) is 0 Å². The standard InChI is InChI=1S/C12H19N5/c1-9(2)6-17-12(13)14-5-4-11-15-7-10(3)8-16-11/h7-8H,1,4-6H2,2-3H3,(H3,13,14,17). The smallest absolute Gasteiger partial charge is 0.188 e. The summed E-state index contributed by atoms with van der Waals surface area (Å²) in [6.45, 7) is 8.86. The Morgan fingerprint density at radius 2 is 2.12 bits per heavy atom. The van der Waals surface area contributed by atoms with E-state index in [2.05, 4.69) is 26.9 Å². The maximum atomic E-state index is 5.67. The fourth-order valence-corrected chi connectivity index (χ4v) is 1.13. The first kappa shape index (κ1) is 13.2. The number of aryl methyl sites for hydroxylation is 1. The van der Waals surface area contributed by atoms with Crippen molar-refractivity contribution in [2.75, 3.05) is 13.1 Å². The molecule has 0 amide bonds. The molecule has 0 saturated carbocycles. The first-order valence-corrected chi connectivity index (χ1v) is 5.53. The van der Waals surface area contributed by atoms with Crippen LogP contribution in [-0.2, 0) is 6.42 Å². The number of aliphatic imine (C=N–C) groups is 1. The molecule has 0 atom stereocenters. The second-order valence-electron chi connectivity index (χ2n) is 4.01. The van der Waals surface area contributed by atoms with Crippen LogP contribution in [-0.4, -0.2) is 29.0 Å². The quantitative estimate of drug-likeness (QED) is 0.448. The van der Waals surface area contributed by atoms with E-state index in [-0.39, 0.29) is 0 Å². The van der Waals surface area contributed by atoms with E-state index in [1.54, 1.807) is 12.4 Å². The summed E-state index contributed by atoms with van der Waals surface area (Å²) in [5.74, 6) is 1.23. The van der Waals surface area contributed by atoms with Crippen LogP contribution in [0.25, 0.3) is 0 Å². The van der Waals surface area contributed by atoms with E-state index in [1.807, 2.05) is 13.8 Å². The minimum absolute atomic E-state index is 0.431. The average molecular weight is 233 g/mol. The highest BCUT2D eigenvalue weighted by Gasteiger charge is 1.96. The molecular weight excluding hydrogens is 214 g/mol. The largest absolute Gasteiger partial charge is 0.370 e. The Bertz CT molecular complexity index is 394. The highest BCUT2D eigenvalue weighted by atomic mass is 15.1. The first-order chi connectivity index (χ1) is 8.08. The van der Waals surface area contributed by atoms with Crippen molar-refractivity contribution in [3.05, 3.63) is 35.9 Å². The Morgan fingerprint density at radius 1 is 1.47 bits per heavy atom. The van der Waals surface area contributed by atoms with Crippen molar-refractivity contribution >= 4 is 5.96 Å². The number of nitrogens with one attached hydrogen (secondary N) is 1. The van der Waals surface area contributed by atoms with Gasteiger partial charge in [-0.2, -0.15) is 0 Å². The number of hydrogen-bond acceptors (Lipinski definition) is 3.